The van der Waals surface area contributed by atoms with E-state index >= 15 is 0 Å². The van der Waals surface area contributed by atoms with E-state index < -0.39 is 0 Å². The lowest BCUT2D eigenvalue weighted by molar-refractivity contribution is -0.00518. The van der Waals surface area contributed by atoms with Crippen molar-refractivity contribution < 1.29 is 9.84 Å². The van der Waals surface area contributed by atoms with Gasteiger partial charge in [0.05, 0.1) is 37.0 Å². The number of aliphatic hydroxyl groups is 1. The predicted octanol–water partition coefficient (Wildman–Crippen LogP) is 6.23. The van der Waals surface area contributed by atoms with Crippen molar-refractivity contribution in [2.75, 3.05) is 7.11 Å². The lowest BCUT2D eigenvalue weighted by Crippen LogP contribution is -2.48. The number of nitrogens with zero attached hydrogens (tertiary/aromatic N) is 3. The summed E-state index contributed by atoms with van der Waals surface area (Å²) < 4.78 is 9.99. The monoisotopic (exact) mass is 507 g/mol. The molecule has 0 saturated heterocycles. The van der Waals surface area contributed by atoms with Gasteiger partial charge in [-0.2, -0.15) is 0 Å². The van der Waals surface area contributed by atoms with Crippen molar-refractivity contribution in [2.24, 2.45) is 29.8 Å². The molecule has 4 fully saturated rings. The Hall–Kier alpha value is -3.31. The summed E-state index contributed by atoms with van der Waals surface area (Å²) in [6, 6.07) is 23.5. The van der Waals surface area contributed by atoms with Crippen molar-refractivity contribution in [3.8, 4) is 5.75 Å². The number of fused-ring (bicyclic) bond motifs is 1. The molecule has 1 aromatic heterocycles. The molecule has 0 aliphatic heterocycles. The van der Waals surface area contributed by atoms with Gasteiger partial charge in [-0.25, -0.2) is 4.99 Å². The fraction of sp³-hybridized carbons (Fsp3) is 0.424. The van der Waals surface area contributed by atoms with Gasteiger partial charge in [0.15, 0.2) is 0 Å². The molecule has 0 amide bonds. The SMILES string of the molecule is COc1ccc2c(c1)n(Cc1ccc(CO)cc1)c(=Nc1ccc(C34CC5CC(CC(C5)C3)C4)cc1)n2C. The summed E-state index contributed by atoms with van der Waals surface area (Å²) in [5, 5.41) is 9.46. The van der Waals surface area contributed by atoms with Crippen LogP contribution in [0.15, 0.2) is 71.7 Å². The van der Waals surface area contributed by atoms with Crippen molar-refractivity contribution in [1.82, 2.24) is 9.13 Å². The van der Waals surface area contributed by atoms with E-state index in [4.69, 9.17) is 9.73 Å². The largest absolute Gasteiger partial charge is 0.497 e. The smallest absolute Gasteiger partial charge is 0.211 e. The topological polar surface area (TPSA) is 51.7 Å². The highest BCUT2D eigenvalue weighted by atomic mass is 16.5. The Bertz CT molecular complexity index is 1510. The normalized spacial score (nSPS) is 26.4. The van der Waals surface area contributed by atoms with Crippen LogP contribution in [0.1, 0.15) is 55.2 Å². The summed E-state index contributed by atoms with van der Waals surface area (Å²) in [4.78, 5) is 5.20. The molecule has 0 unspecified atom stereocenters. The number of imidazole rings is 1. The van der Waals surface area contributed by atoms with Crippen LogP contribution in [0.5, 0.6) is 5.75 Å². The molecule has 4 aliphatic rings. The Morgan fingerprint density at radius 2 is 1.47 bits per heavy atom. The molecule has 5 nitrogen and oxygen atoms in total. The summed E-state index contributed by atoms with van der Waals surface area (Å²) in [6.45, 7) is 0.735. The molecule has 8 rings (SSSR count). The van der Waals surface area contributed by atoms with Crippen molar-refractivity contribution in [3.63, 3.8) is 0 Å². The average Bonchev–Trinajstić information content (AvgIpc) is 3.18. The molecule has 0 spiro atoms. The quantitative estimate of drug-likeness (QED) is 0.336. The highest BCUT2D eigenvalue weighted by Gasteiger charge is 2.51. The average molecular weight is 508 g/mol. The van der Waals surface area contributed by atoms with E-state index in [1.165, 1.54) is 44.1 Å². The molecule has 38 heavy (non-hydrogen) atoms. The van der Waals surface area contributed by atoms with Crippen molar-refractivity contribution in [2.45, 2.75) is 57.1 Å². The van der Waals surface area contributed by atoms with Gasteiger partial charge in [0, 0.05) is 13.1 Å². The number of hydrogen-bond acceptors (Lipinski definition) is 3. The molecular weight excluding hydrogens is 470 g/mol. The maximum Gasteiger partial charge on any atom is 0.211 e. The second kappa shape index (κ2) is 9.16. The molecule has 1 heterocycles. The maximum atomic E-state index is 9.46. The molecule has 3 aromatic carbocycles. The van der Waals surface area contributed by atoms with E-state index in [0.29, 0.717) is 12.0 Å². The molecule has 4 aromatic rings. The molecular formula is C33H37N3O2. The zero-order valence-corrected chi connectivity index (χ0v) is 22.4. The lowest BCUT2D eigenvalue weighted by Gasteiger charge is -2.57. The molecule has 4 saturated carbocycles. The zero-order chi connectivity index (χ0) is 25.9. The van der Waals surface area contributed by atoms with Gasteiger partial charge in [-0.15, -0.1) is 0 Å². The fourth-order valence-electron chi connectivity index (χ4n) is 8.22. The van der Waals surface area contributed by atoms with Crippen LogP contribution in [0.2, 0.25) is 0 Å². The molecule has 0 atom stereocenters. The predicted molar refractivity (Wildman–Crippen MR) is 150 cm³/mol. The van der Waals surface area contributed by atoms with Gasteiger partial charge in [-0.1, -0.05) is 36.4 Å². The van der Waals surface area contributed by atoms with E-state index in [1.54, 1.807) is 7.11 Å². The number of aromatic nitrogens is 2. The second-order valence-corrected chi connectivity index (χ2v) is 12.1. The van der Waals surface area contributed by atoms with Gasteiger partial charge in [-0.05, 0) is 103 Å². The summed E-state index contributed by atoms with van der Waals surface area (Å²) in [6.07, 6.45) is 8.57. The van der Waals surface area contributed by atoms with Crippen LogP contribution in [-0.4, -0.2) is 21.4 Å². The van der Waals surface area contributed by atoms with Gasteiger partial charge in [-0.3, -0.25) is 0 Å². The van der Waals surface area contributed by atoms with E-state index in [2.05, 4.69) is 64.7 Å². The minimum absolute atomic E-state index is 0.0543. The Balaban J connectivity index is 1.28. The highest BCUT2D eigenvalue weighted by Crippen LogP contribution is 2.60. The molecule has 4 bridgehead atoms. The first kappa shape index (κ1) is 23.8. The summed E-state index contributed by atoms with van der Waals surface area (Å²) in [5.74, 6) is 3.68. The molecule has 1 N–H and O–H groups in total. The second-order valence-electron chi connectivity index (χ2n) is 12.1. The molecule has 196 valence electrons. The van der Waals surface area contributed by atoms with E-state index in [9.17, 15) is 5.11 Å². The number of ether oxygens (including phenoxy) is 1. The Morgan fingerprint density at radius 3 is 2.08 bits per heavy atom. The first-order valence-electron chi connectivity index (χ1n) is 14.1. The molecule has 5 heteroatoms. The Morgan fingerprint density at radius 1 is 0.842 bits per heavy atom. The van der Waals surface area contributed by atoms with Crippen molar-refractivity contribution in [1.29, 1.82) is 0 Å². The first-order chi connectivity index (χ1) is 18.5. The zero-order valence-electron chi connectivity index (χ0n) is 22.4. The number of aryl methyl sites for hydroxylation is 1. The van der Waals surface area contributed by atoms with Gasteiger partial charge in [0.2, 0.25) is 5.62 Å². The Labute approximate surface area is 224 Å². The lowest BCUT2D eigenvalue weighted by atomic mass is 9.48. The third-order valence-electron chi connectivity index (χ3n) is 9.67. The fourth-order valence-corrected chi connectivity index (χ4v) is 8.22. The number of hydrogen-bond donors (Lipinski definition) is 1. The van der Waals surface area contributed by atoms with Crippen LogP contribution >= 0.6 is 0 Å². The highest BCUT2D eigenvalue weighted by molar-refractivity contribution is 5.78. The maximum absolute atomic E-state index is 9.46. The van der Waals surface area contributed by atoms with Crippen LogP contribution in [0.3, 0.4) is 0 Å². The van der Waals surface area contributed by atoms with E-state index in [0.717, 1.165) is 57.0 Å². The minimum atomic E-state index is 0.0543. The van der Waals surface area contributed by atoms with Gasteiger partial charge in [0.1, 0.15) is 5.75 Å². The molecule has 4 aliphatic carbocycles. The van der Waals surface area contributed by atoms with Gasteiger partial charge in [0.25, 0.3) is 0 Å². The third kappa shape index (κ3) is 3.99. The molecule has 0 radical (unpaired) electrons. The van der Waals surface area contributed by atoms with Crippen LogP contribution in [-0.2, 0) is 25.6 Å². The van der Waals surface area contributed by atoms with Gasteiger partial charge >= 0.3 is 0 Å². The van der Waals surface area contributed by atoms with Crippen LogP contribution in [0.25, 0.3) is 11.0 Å². The summed E-state index contributed by atoms with van der Waals surface area (Å²) in [7, 11) is 3.79. The third-order valence-corrected chi connectivity index (χ3v) is 9.67. The number of rotatable bonds is 6. The van der Waals surface area contributed by atoms with Crippen molar-refractivity contribution >= 4 is 16.7 Å². The van der Waals surface area contributed by atoms with Crippen molar-refractivity contribution in [3.05, 3.63) is 89.0 Å². The summed E-state index contributed by atoms with van der Waals surface area (Å²) in [5.41, 5.74) is 8.11. The Kier molecular flexibility index (Phi) is 5.73. The minimum Gasteiger partial charge on any atom is -0.497 e. The van der Waals surface area contributed by atoms with E-state index in [1.807, 2.05) is 18.2 Å². The summed E-state index contributed by atoms with van der Waals surface area (Å²) >= 11 is 0. The van der Waals surface area contributed by atoms with E-state index in [-0.39, 0.29) is 6.61 Å². The van der Waals surface area contributed by atoms with Crippen LogP contribution in [0.4, 0.5) is 5.69 Å². The number of methoxy groups -OCH3 is 1. The first-order valence-corrected chi connectivity index (χ1v) is 14.1. The van der Waals surface area contributed by atoms with Crippen LogP contribution < -0.4 is 10.4 Å². The number of benzene rings is 3. The number of aliphatic hydroxyl groups excluding tert-OH is 1. The van der Waals surface area contributed by atoms with Crippen LogP contribution in [0, 0.1) is 17.8 Å². The van der Waals surface area contributed by atoms with Gasteiger partial charge < -0.3 is 19.0 Å². The standard InChI is InChI=1S/C33H37N3O2/c1-35-30-12-11-29(38-2)16-31(30)36(20-22-3-5-23(21-37)6-4-22)32(35)34-28-9-7-27(8-10-28)33-17-24-13-25(18-33)15-26(14-24)19-33/h3-12,16,24-26,37H,13-15,17-21H2,1-2H3.